The number of aromatic nitrogens is 1. The van der Waals surface area contributed by atoms with Crippen LogP contribution < -0.4 is 10.6 Å². The summed E-state index contributed by atoms with van der Waals surface area (Å²) in [5.41, 5.74) is 1.37. The van der Waals surface area contributed by atoms with Crippen molar-refractivity contribution in [2.45, 2.75) is 6.10 Å². The van der Waals surface area contributed by atoms with Crippen molar-refractivity contribution in [1.82, 2.24) is 9.88 Å². The summed E-state index contributed by atoms with van der Waals surface area (Å²) in [4.78, 5) is 11.9. The first-order valence-corrected chi connectivity index (χ1v) is 7.12. The Kier molecular flexibility index (Phi) is 5.83. The zero-order valence-electron chi connectivity index (χ0n) is 12.1. The van der Waals surface area contributed by atoms with Gasteiger partial charge in [-0.2, -0.15) is 0 Å². The molecular formula is C15H18ClN3O3. The Hall–Kier alpha value is -2.02. The van der Waals surface area contributed by atoms with Gasteiger partial charge in [-0.1, -0.05) is 11.6 Å². The number of aliphatic hydroxyl groups excluding tert-OH is 1. The van der Waals surface area contributed by atoms with Gasteiger partial charge in [-0.3, -0.25) is 0 Å². The van der Waals surface area contributed by atoms with Crippen molar-refractivity contribution in [1.29, 1.82) is 0 Å². The molecule has 0 spiro atoms. The predicted octanol–water partition coefficient (Wildman–Crippen LogP) is 2.26. The molecule has 6 nitrogen and oxygen atoms in total. The zero-order valence-corrected chi connectivity index (χ0v) is 12.9. The van der Waals surface area contributed by atoms with Crippen molar-refractivity contribution in [2.75, 3.05) is 25.6 Å². The molecule has 22 heavy (non-hydrogen) atoms. The zero-order chi connectivity index (χ0) is 15.9. The number of halogens is 1. The predicted molar refractivity (Wildman–Crippen MR) is 85.7 cm³/mol. The van der Waals surface area contributed by atoms with E-state index in [9.17, 15) is 9.90 Å². The van der Waals surface area contributed by atoms with Crippen LogP contribution in [-0.4, -0.2) is 42.1 Å². The van der Waals surface area contributed by atoms with Crippen molar-refractivity contribution in [3.63, 3.8) is 0 Å². The summed E-state index contributed by atoms with van der Waals surface area (Å²) in [6.45, 7) is 0.266. The maximum Gasteiger partial charge on any atom is 0.319 e. The summed E-state index contributed by atoms with van der Waals surface area (Å²) in [6, 6.07) is 8.53. The lowest BCUT2D eigenvalue weighted by atomic mass is 10.2. The maximum absolute atomic E-state index is 11.9. The number of urea groups is 1. The Morgan fingerprint density at radius 2 is 2.14 bits per heavy atom. The lowest BCUT2D eigenvalue weighted by molar-refractivity contribution is 0.0663. The van der Waals surface area contributed by atoms with Gasteiger partial charge < -0.3 is 25.0 Å². The van der Waals surface area contributed by atoms with Crippen LogP contribution >= 0.6 is 11.6 Å². The number of carbonyl (C=O) groups is 1. The topological polar surface area (TPSA) is 75.5 Å². The van der Waals surface area contributed by atoms with E-state index in [-0.39, 0.29) is 13.2 Å². The van der Waals surface area contributed by atoms with Crippen LogP contribution in [0.4, 0.5) is 10.5 Å². The first-order valence-electron chi connectivity index (χ1n) is 6.75. The van der Waals surface area contributed by atoms with Crippen molar-refractivity contribution >= 4 is 23.3 Å². The van der Waals surface area contributed by atoms with E-state index in [1.165, 1.54) is 7.11 Å². The number of anilines is 1. The highest BCUT2D eigenvalue weighted by Crippen LogP contribution is 2.24. The van der Waals surface area contributed by atoms with Gasteiger partial charge in [-0.05, 0) is 30.3 Å². The third-order valence-corrected chi connectivity index (χ3v) is 3.18. The van der Waals surface area contributed by atoms with E-state index in [1.807, 2.05) is 29.1 Å². The van der Waals surface area contributed by atoms with Crippen LogP contribution in [-0.2, 0) is 4.74 Å². The van der Waals surface area contributed by atoms with Gasteiger partial charge in [-0.25, -0.2) is 4.79 Å². The molecule has 1 aromatic heterocycles. The molecule has 1 atom stereocenters. The van der Waals surface area contributed by atoms with Gasteiger partial charge >= 0.3 is 6.03 Å². The van der Waals surface area contributed by atoms with Gasteiger partial charge in [0, 0.05) is 31.1 Å². The van der Waals surface area contributed by atoms with Crippen molar-refractivity contribution in [3.8, 4) is 5.69 Å². The summed E-state index contributed by atoms with van der Waals surface area (Å²) in [5.74, 6) is 0. The average Bonchev–Trinajstić information content (AvgIpc) is 3.01. The van der Waals surface area contributed by atoms with Crippen LogP contribution in [0.15, 0.2) is 42.7 Å². The van der Waals surface area contributed by atoms with Gasteiger partial charge in [0.15, 0.2) is 0 Å². The monoisotopic (exact) mass is 323 g/mol. The first-order chi connectivity index (χ1) is 10.6. The minimum absolute atomic E-state index is 0.103. The number of hydrogen-bond acceptors (Lipinski definition) is 3. The number of hydrogen-bond donors (Lipinski definition) is 3. The molecule has 0 aliphatic carbocycles. The Morgan fingerprint density at radius 3 is 2.82 bits per heavy atom. The lowest BCUT2D eigenvalue weighted by Crippen LogP contribution is -2.37. The number of aliphatic hydroxyl groups is 1. The fourth-order valence-corrected chi connectivity index (χ4v) is 2.11. The first kappa shape index (κ1) is 16.4. The molecule has 0 unspecified atom stereocenters. The molecule has 1 heterocycles. The molecule has 1 aromatic carbocycles. The van der Waals surface area contributed by atoms with Crippen LogP contribution in [0, 0.1) is 0 Å². The molecule has 2 aromatic rings. The van der Waals surface area contributed by atoms with Gasteiger partial charge in [0.2, 0.25) is 0 Å². The van der Waals surface area contributed by atoms with Crippen molar-refractivity contribution < 1.29 is 14.6 Å². The number of nitrogens with one attached hydrogen (secondary N) is 2. The second-order valence-electron chi connectivity index (χ2n) is 4.70. The minimum Gasteiger partial charge on any atom is -0.389 e. The number of rotatable bonds is 6. The average molecular weight is 324 g/mol. The second-order valence-corrected chi connectivity index (χ2v) is 5.13. The number of amides is 2. The van der Waals surface area contributed by atoms with E-state index >= 15 is 0 Å². The number of nitrogens with zero attached hydrogens (tertiary/aromatic N) is 1. The fraction of sp³-hybridized carbons (Fsp3) is 0.267. The molecule has 0 saturated heterocycles. The molecule has 118 valence electrons. The Balaban J connectivity index is 2.05. The molecule has 0 aliphatic heterocycles. The van der Waals surface area contributed by atoms with E-state index in [0.29, 0.717) is 10.7 Å². The van der Waals surface area contributed by atoms with Crippen LogP contribution in [0.5, 0.6) is 0 Å². The third kappa shape index (κ3) is 4.49. The molecule has 0 bridgehead atoms. The van der Waals surface area contributed by atoms with Crippen LogP contribution in [0.25, 0.3) is 5.69 Å². The maximum atomic E-state index is 11.9. The Labute approximate surface area is 133 Å². The second kappa shape index (κ2) is 7.84. The summed E-state index contributed by atoms with van der Waals surface area (Å²) in [5, 5.41) is 15.4. The SMILES string of the molecule is COC[C@H](O)CNC(=O)Nc1ccc(Cl)cc1-n1cccc1. The number of carbonyl (C=O) groups excluding carboxylic acids is 1. The number of methoxy groups -OCH3 is 1. The highest BCUT2D eigenvalue weighted by atomic mass is 35.5. The highest BCUT2D eigenvalue weighted by Gasteiger charge is 2.10. The summed E-state index contributed by atoms with van der Waals surface area (Å²) >= 11 is 6.02. The lowest BCUT2D eigenvalue weighted by Gasteiger charge is -2.15. The largest absolute Gasteiger partial charge is 0.389 e. The van der Waals surface area contributed by atoms with Crippen LogP contribution in [0.1, 0.15) is 0 Å². The summed E-state index contributed by atoms with van der Waals surface area (Å²) < 4.78 is 6.64. The van der Waals surface area contributed by atoms with E-state index in [4.69, 9.17) is 16.3 Å². The third-order valence-electron chi connectivity index (χ3n) is 2.95. The molecule has 3 N–H and O–H groups in total. The number of benzene rings is 1. The van der Waals surface area contributed by atoms with E-state index in [0.717, 1.165) is 5.69 Å². The summed E-state index contributed by atoms with van der Waals surface area (Å²) in [6.07, 6.45) is 2.97. The van der Waals surface area contributed by atoms with Crippen LogP contribution in [0.3, 0.4) is 0 Å². The van der Waals surface area contributed by atoms with E-state index in [2.05, 4.69) is 10.6 Å². The van der Waals surface area contributed by atoms with Crippen LogP contribution in [0.2, 0.25) is 5.02 Å². The molecule has 2 amide bonds. The quantitative estimate of drug-likeness (QED) is 0.763. The smallest absolute Gasteiger partial charge is 0.319 e. The van der Waals surface area contributed by atoms with Gasteiger partial charge in [0.1, 0.15) is 0 Å². The summed E-state index contributed by atoms with van der Waals surface area (Å²) in [7, 11) is 1.49. The van der Waals surface area contributed by atoms with Gasteiger partial charge in [0.25, 0.3) is 0 Å². The number of ether oxygens (including phenoxy) is 1. The molecular weight excluding hydrogens is 306 g/mol. The molecule has 0 saturated carbocycles. The van der Waals surface area contributed by atoms with Gasteiger partial charge in [0.05, 0.1) is 24.1 Å². The molecule has 0 radical (unpaired) electrons. The molecule has 0 fully saturated rings. The standard InChI is InChI=1S/C15H18ClN3O3/c1-22-10-12(20)9-17-15(21)18-13-5-4-11(16)8-14(13)19-6-2-3-7-19/h2-8,12,20H,9-10H2,1H3,(H2,17,18,21)/t12-/m1/s1. The minimum atomic E-state index is -0.745. The van der Waals surface area contributed by atoms with Crippen molar-refractivity contribution in [3.05, 3.63) is 47.7 Å². The Bertz CT molecular complexity index is 617. The normalized spacial score (nSPS) is 12.0. The molecule has 7 heteroatoms. The van der Waals surface area contributed by atoms with Gasteiger partial charge in [-0.15, -0.1) is 0 Å². The Morgan fingerprint density at radius 1 is 1.41 bits per heavy atom. The van der Waals surface area contributed by atoms with Crippen molar-refractivity contribution in [2.24, 2.45) is 0 Å². The highest BCUT2D eigenvalue weighted by molar-refractivity contribution is 6.30. The van der Waals surface area contributed by atoms with E-state index < -0.39 is 12.1 Å². The fourth-order valence-electron chi connectivity index (χ4n) is 1.95. The molecule has 2 rings (SSSR count). The molecule has 0 aliphatic rings. The van der Waals surface area contributed by atoms with E-state index in [1.54, 1.807) is 18.2 Å².